The molecule has 0 radical (unpaired) electrons. The van der Waals surface area contributed by atoms with Crippen LogP contribution in [0.3, 0.4) is 0 Å². The van der Waals surface area contributed by atoms with Gasteiger partial charge in [0.2, 0.25) is 0 Å². The molecule has 0 amide bonds. The highest BCUT2D eigenvalue weighted by Crippen LogP contribution is 2.30. The average molecular weight is 307 g/mol. The molecule has 1 aromatic rings. The largest absolute Gasteiger partial charge is 0.493 e. The van der Waals surface area contributed by atoms with E-state index in [1.807, 2.05) is 26.8 Å². The van der Waals surface area contributed by atoms with Crippen molar-refractivity contribution in [3.8, 4) is 11.5 Å². The summed E-state index contributed by atoms with van der Waals surface area (Å²) in [7, 11) is 1.68. The molecule has 1 aliphatic rings. The minimum Gasteiger partial charge on any atom is -0.493 e. The van der Waals surface area contributed by atoms with Crippen molar-refractivity contribution in [2.75, 3.05) is 20.2 Å². The standard InChI is InChI=1S/C18H29NO3/c1-13(2)22-17-6-5-15(11-18(17)21-4)12-19-9-7-16(8-10-19)14(3)20/h5-6,11,13-14,16,20H,7-10,12H2,1-4H3. The van der Waals surface area contributed by atoms with Gasteiger partial charge in [0.05, 0.1) is 19.3 Å². The van der Waals surface area contributed by atoms with Gasteiger partial charge >= 0.3 is 0 Å². The lowest BCUT2D eigenvalue weighted by Crippen LogP contribution is -2.36. The summed E-state index contributed by atoms with van der Waals surface area (Å²) in [5.41, 5.74) is 1.24. The number of likely N-dealkylation sites (tertiary alicyclic amines) is 1. The average Bonchev–Trinajstić information content (AvgIpc) is 2.49. The van der Waals surface area contributed by atoms with E-state index in [9.17, 15) is 5.11 Å². The Morgan fingerprint density at radius 1 is 1.18 bits per heavy atom. The second-order valence-corrected chi connectivity index (χ2v) is 6.51. The summed E-state index contributed by atoms with van der Waals surface area (Å²) in [6.07, 6.45) is 2.10. The fourth-order valence-corrected chi connectivity index (χ4v) is 3.01. The van der Waals surface area contributed by atoms with Crippen LogP contribution in [-0.2, 0) is 6.54 Å². The van der Waals surface area contributed by atoms with Crippen molar-refractivity contribution in [3.05, 3.63) is 23.8 Å². The van der Waals surface area contributed by atoms with Crippen LogP contribution < -0.4 is 9.47 Å². The van der Waals surface area contributed by atoms with Gasteiger partial charge in [0.1, 0.15) is 0 Å². The predicted octanol–water partition coefficient (Wildman–Crippen LogP) is 3.08. The molecule has 1 fully saturated rings. The maximum atomic E-state index is 9.67. The topological polar surface area (TPSA) is 41.9 Å². The Labute approximate surface area is 134 Å². The van der Waals surface area contributed by atoms with Crippen LogP contribution in [0.2, 0.25) is 0 Å². The van der Waals surface area contributed by atoms with Gasteiger partial charge in [-0.05, 0) is 70.3 Å². The lowest BCUT2D eigenvalue weighted by Gasteiger charge is -2.33. The number of aliphatic hydroxyl groups is 1. The van der Waals surface area contributed by atoms with E-state index < -0.39 is 0 Å². The van der Waals surface area contributed by atoms with Crippen molar-refractivity contribution in [1.82, 2.24) is 4.90 Å². The normalized spacial score (nSPS) is 18.5. The molecule has 0 bridgehead atoms. The van der Waals surface area contributed by atoms with Crippen molar-refractivity contribution >= 4 is 0 Å². The smallest absolute Gasteiger partial charge is 0.161 e. The highest BCUT2D eigenvalue weighted by molar-refractivity contribution is 5.43. The first-order chi connectivity index (χ1) is 10.5. The van der Waals surface area contributed by atoms with E-state index in [4.69, 9.17) is 9.47 Å². The molecule has 1 atom stereocenters. The molecule has 1 heterocycles. The van der Waals surface area contributed by atoms with Crippen molar-refractivity contribution in [2.24, 2.45) is 5.92 Å². The minimum atomic E-state index is -0.185. The molecule has 4 heteroatoms. The van der Waals surface area contributed by atoms with Crippen molar-refractivity contribution in [1.29, 1.82) is 0 Å². The third-order valence-electron chi connectivity index (χ3n) is 4.31. The van der Waals surface area contributed by atoms with Crippen LogP contribution in [0.5, 0.6) is 11.5 Å². The molecular weight excluding hydrogens is 278 g/mol. The third-order valence-corrected chi connectivity index (χ3v) is 4.31. The number of benzene rings is 1. The second-order valence-electron chi connectivity index (χ2n) is 6.51. The first kappa shape index (κ1) is 17.1. The van der Waals surface area contributed by atoms with E-state index >= 15 is 0 Å². The number of nitrogens with zero attached hydrogens (tertiary/aromatic N) is 1. The van der Waals surface area contributed by atoms with Gasteiger partial charge in [0, 0.05) is 6.54 Å². The van der Waals surface area contributed by atoms with E-state index in [1.54, 1.807) is 7.11 Å². The molecule has 124 valence electrons. The molecule has 22 heavy (non-hydrogen) atoms. The zero-order chi connectivity index (χ0) is 16.1. The molecule has 1 aromatic carbocycles. The van der Waals surface area contributed by atoms with Gasteiger partial charge in [-0.3, -0.25) is 4.90 Å². The number of rotatable bonds is 6. The fourth-order valence-electron chi connectivity index (χ4n) is 3.01. The molecule has 0 aromatic heterocycles. The van der Waals surface area contributed by atoms with E-state index in [0.717, 1.165) is 44.0 Å². The number of hydrogen-bond donors (Lipinski definition) is 1. The van der Waals surface area contributed by atoms with E-state index in [0.29, 0.717) is 5.92 Å². The Hall–Kier alpha value is -1.26. The fraction of sp³-hybridized carbons (Fsp3) is 0.667. The molecule has 2 rings (SSSR count). The van der Waals surface area contributed by atoms with Gasteiger partial charge < -0.3 is 14.6 Å². The summed E-state index contributed by atoms with van der Waals surface area (Å²) in [5.74, 6) is 2.05. The molecule has 1 unspecified atom stereocenters. The molecule has 0 spiro atoms. The first-order valence-corrected chi connectivity index (χ1v) is 8.23. The summed E-state index contributed by atoms with van der Waals surface area (Å²) in [6, 6.07) is 6.18. The Kier molecular flexibility index (Phi) is 6.09. The maximum absolute atomic E-state index is 9.67. The van der Waals surface area contributed by atoms with Gasteiger partial charge in [0.15, 0.2) is 11.5 Å². The van der Waals surface area contributed by atoms with Crippen LogP contribution in [0.4, 0.5) is 0 Å². The zero-order valence-corrected chi connectivity index (χ0v) is 14.2. The van der Waals surface area contributed by atoms with E-state index in [2.05, 4.69) is 17.0 Å². The summed E-state index contributed by atoms with van der Waals surface area (Å²) in [4.78, 5) is 2.44. The molecule has 4 nitrogen and oxygen atoms in total. The van der Waals surface area contributed by atoms with Gasteiger partial charge in [0.25, 0.3) is 0 Å². The van der Waals surface area contributed by atoms with Crippen LogP contribution in [-0.4, -0.2) is 42.4 Å². The van der Waals surface area contributed by atoms with Crippen LogP contribution in [0.1, 0.15) is 39.2 Å². The van der Waals surface area contributed by atoms with Gasteiger partial charge in [-0.1, -0.05) is 6.07 Å². The van der Waals surface area contributed by atoms with Crippen LogP contribution >= 0.6 is 0 Å². The zero-order valence-electron chi connectivity index (χ0n) is 14.2. The molecule has 1 aliphatic heterocycles. The summed E-state index contributed by atoms with van der Waals surface area (Å²) in [5, 5.41) is 9.67. The van der Waals surface area contributed by atoms with E-state index in [-0.39, 0.29) is 12.2 Å². The van der Waals surface area contributed by atoms with Crippen LogP contribution in [0.25, 0.3) is 0 Å². The molecular formula is C18H29NO3. The van der Waals surface area contributed by atoms with Gasteiger partial charge in [-0.2, -0.15) is 0 Å². The van der Waals surface area contributed by atoms with Crippen LogP contribution in [0, 0.1) is 5.92 Å². The van der Waals surface area contributed by atoms with Gasteiger partial charge in [-0.25, -0.2) is 0 Å². The predicted molar refractivity (Wildman–Crippen MR) is 88.4 cm³/mol. The number of hydrogen-bond acceptors (Lipinski definition) is 4. The Morgan fingerprint density at radius 3 is 2.41 bits per heavy atom. The number of aliphatic hydroxyl groups excluding tert-OH is 1. The molecule has 0 saturated carbocycles. The molecule has 1 N–H and O–H groups in total. The Balaban J connectivity index is 1.96. The summed E-state index contributed by atoms with van der Waals surface area (Å²) < 4.78 is 11.2. The highest BCUT2D eigenvalue weighted by atomic mass is 16.5. The monoisotopic (exact) mass is 307 g/mol. The summed E-state index contributed by atoms with van der Waals surface area (Å²) >= 11 is 0. The second kappa shape index (κ2) is 7.84. The quantitative estimate of drug-likeness (QED) is 0.877. The number of ether oxygens (including phenoxy) is 2. The lowest BCUT2D eigenvalue weighted by atomic mass is 9.92. The van der Waals surface area contributed by atoms with Crippen molar-refractivity contribution < 1.29 is 14.6 Å². The summed E-state index contributed by atoms with van der Waals surface area (Å²) in [6.45, 7) is 8.94. The van der Waals surface area contributed by atoms with Crippen molar-refractivity contribution in [3.63, 3.8) is 0 Å². The highest BCUT2D eigenvalue weighted by Gasteiger charge is 2.22. The van der Waals surface area contributed by atoms with Crippen LogP contribution in [0.15, 0.2) is 18.2 Å². The number of piperidine rings is 1. The Morgan fingerprint density at radius 2 is 1.86 bits per heavy atom. The first-order valence-electron chi connectivity index (χ1n) is 8.23. The van der Waals surface area contributed by atoms with Gasteiger partial charge in [-0.15, -0.1) is 0 Å². The SMILES string of the molecule is COc1cc(CN2CCC(C(C)O)CC2)ccc1OC(C)C. The minimum absolute atomic E-state index is 0.138. The Bertz CT molecular complexity index is 465. The van der Waals surface area contributed by atoms with E-state index in [1.165, 1.54) is 5.56 Å². The third kappa shape index (κ3) is 4.62. The maximum Gasteiger partial charge on any atom is 0.161 e. The number of methoxy groups -OCH3 is 1. The lowest BCUT2D eigenvalue weighted by molar-refractivity contribution is 0.0695. The van der Waals surface area contributed by atoms with Crippen molar-refractivity contribution in [2.45, 2.75) is 52.4 Å². The molecule has 1 saturated heterocycles. The molecule has 0 aliphatic carbocycles.